The lowest BCUT2D eigenvalue weighted by Crippen LogP contribution is -2.68. The molecule has 2 aromatic rings. The van der Waals surface area contributed by atoms with Gasteiger partial charge >= 0.3 is 0 Å². The lowest BCUT2D eigenvalue weighted by molar-refractivity contribution is -0.135. The van der Waals surface area contributed by atoms with Crippen LogP contribution in [0.1, 0.15) is 32.3 Å². The number of nitrogens with zero attached hydrogens (tertiary/aromatic N) is 2. The molecule has 0 unspecified atom stereocenters. The molecule has 2 aliphatic heterocycles. The van der Waals surface area contributed by atoms with Crippen molar-refractivity contribution >= 4 is 5.91 Å². The van der Waals surface area contributed by atoms with E-state index in [4.69, 9.17) is 4.74 Å². The van der Waals surface area contributed by atoms with E-state index >= 15 is 0 Å². The molecule has 0 bridgehead atoms. The highest BCUT2D eigenvalue weighted by molar-refractivity contribution is 5.78. The molecule has 0 saturated carbocycles. The summed E-state index contributed by atoms with van der Waals surface area (Å²) in [5.41, 5.74) is 1.10. The van der Waals surface area contributed by atoms with E-state index in [1.807, 2.05) is 60.7 Å². The second-order valence-electron chi connectivity index (χ2n) is 8.63. The Hall–Kier alpha value is -2.33. The molecule has 4 rings (SSSR count). The molecule has 4 nitrogen and oxygen atoms in total. The van der Waals surface area contributed by atoms with Crippen molar-refractivity contribution in [1.82, 2.24) is 9.80 Å². The van der Waals surface area contributed by atoms with Crippen molar-refractivity contribution in [3.63, 3.8) is 0 Å². The molecule has 29 heavy (non-hydrogen) atoms. The number of ether oxygens (including phenoxy) is 1. The minimum Gasteiger partial charge on any atom is -0.487 e. The average molecular weight is 393 g/mol. The van der Waals surface area contributed by atoms with Crippen LogP contribution in [0.2, 0.25) is 0 Å². The van der Waals surface area contributed by atoms with Gasteiger partial charge in [-0.1, -0.05) is 48.5 Å². The van der Waals surface area contributed by atoms with Gasteiger partial charge in [0.2, 0.25) is 5.91 Å². The third kappa shape index (κ3) is 4.64. The second kappa shape index (κ2) is 9.00. The summed E-state index contributed by atoms with van der Waals surface area (Å²) in [5, 5.41) is 0. The number of carbonyl (C=O) groups excluding carboxylic acids is 1. The third-order valence-electron chi connectivity index (χ3n) is 6.42. The zero-order valence-electron chi connectivity index (χ0n) is 17.5. The Kier molecular flexibility index (Phi) is 6.19. The van der Waals surface area contributed by atoms with Crippen LogP contribution in [-0.2, 0) is 11.2 Å². The van der Waals surface area contributed by atoms with E-state index in [-0.39, 0.29) is 12.0 Å². The van der Waals surface area contributed by atoms with Crippen LogP contribution in [-0.4, -0.2) is 53.5 Å². The van der Waals surface area contributed by atoms with Gasteiger partial charge in [-0.25, -0.2) is 0 Å². The normalized spacial score (nSPS) is 23.1. The monoisotopic (exact) mass is 392 g/mol. The van der Waals surface area contributed by atoms with E-state index in [2.05, 4.69) is 23.6 Å². The van der Waals surface area contributed by atoms with Gasteiger partial charge in [0.25, 0.3) is 0 Å². The van der Waals surface area contributed by atoms with Crippen LogP contribution in [0.4, 0.5) is 0 Å². The number of likely N-dealkylation sites (tertiary alicyclic amines) is 2. The topological polar surface area (TPSA) is 32.8 Å². The average Bonchev–Trinajstić information content (AvgIpc) is 2.72. The number of hydrogen-bond donors (Lipinski definition) is 0. The van der Waals surface area contributed by atoms with Crippen molar-refractivity contribution in [1.29, 1.82) is 0 Å². The summed E-state index contributed by atoms with van der Waals surface area (Å²) in [6, 6.07) is 21.2. The van der Waals surface area contributed by atoms with Crippen LogP contribution in [0.25, 0.3) is 0 Å². The summed E-state index contributed by atoms with van der Waals surface area (Å²) in [6.45, 7) is 7.24. The number of carbonyl (C=O) groups is 1. The molecule has 2 saturated heterocycles. The van der Waals surface area contributed by atoms with E-state index in [0.717, 1.165) is 43.8 Å². The fourth-order valence-corrected chi connectivity index (χ4v) is 4.80. The largest absolute Gasteiger partial charge is 0.487 e. The minimum absolute atomic E-state index is 0.247. The summed E-state index contributed by atoms with van der Waals surface area (Å²) in [6.07, 6.45) is 2.87. The number of piperidine rings is 1. The molecule has 0 spiro atoms. The number of benzene rings is 2. The Bertz CT molecular complexity index is 785. The van der Waals surface area contributed by atoms with Gasteiger partial charge in [0.15, 0.2) is 0 Å². The molecule has 0 radical (unpaired) electrons. The van der Waals surface area contributed by atoms with Crippen LogP contribution in [0, 0.1) is 5.92 Å². The quantitative estimate of drug-likeness (QED) is 0.745. The first-order valence-electron chi connectivity index (χ1n) is 10.9. The first-order valence-corrected chi connectivity index (χ1v) is 10.9. The van der Waals surface area contributed by atoms with Crippen molar-refractivity contribution < 1.29 is 9.53 Å². The van der Waals surface area contributed by atoms with Gasteiger partial charge in [-0.3, -0.25) is 9.69 Å². The van der Waals surface area contributed by atoms with Crippen molar-refractivity contribution in [3.8, 4) is 5.75 Å². The highest BCUT2D eigenvalue weighted by atomic mass is 16.5. The molecule has 0 aromatic heterocycles. The Morgan fingerprint density at radius 3 is 2.24 bits per heavy atom. The van der Waals surface area contributed by atoms with Crippen LogP contribution in [0.15, 0.2) is 60.7 Å². The van der Waals surface area contributed by atoms with Crippen molar-refractivity contribution in [2.45, 2.75) is 51.3 Å². The molecule has 2 fully saturated rings. The van der Waals surface area contributed by atoms with Gasteiger partial charge in [0.05, 0.1) is 12.5 Å². The molecule has 0 aliphatic carbocycles. The van der Waals surface area contributed by atoms with Gasteiger partial charge < -0.3 is 9.64 Å². The van der Waals surface area contributed by atoms with Crippen molar-refractivity contribution in [3.05, 3.63) is 66.2 Å². The summed E-state index contributed by atoms with van der Waals surface area (Å²) >= 11 is 0. The zero-order valence-corrected chi connectivity index (χ0v) is 17.5. The van der Waals surface area contributed by atoms with Gasteiger partial charge in [0.1, 0.15) is 11.9 Å². The Balaban J connectivity index is 1.34. The third-order valence-corrected chi connectivity index (χ3v) is 6.42. The minimum atomic E-state index is 0.247. The first-order chi connectivity index (χ1) is 14.1. The molecule has 2 atom stereocenters. The molecule has 2 aliphatic rings. The molecule has 2 heterocycles. The zero-order chi connectivity index (χ0) is 20.2. The number of rotatable bonds is 6. The summed E-state index contributed by atoms with van der Waals surface area (Å²) < 4.78 is 6.33. The molecule has 2 aromatic carbocycles. The van der Waals surface area contributed by atoms with Crippen LogP contribution < -0.4 is 4.74 Å². The molecular weight excluding hydrogens is 360 g/mol. The van der Waals surface area contributed by atoms with E-state index in [1.54, 1.807) is 0 Å². The maximum Gasteiger partial charge on any atom is 0.226 e. The van der Waals surface area contributed by atoms with Gasteiger partial charge in [-0.15, -0.1) is 0 Å². The maximum atomic E-state index is 12.7. The standard InChI is InChI=1S/C25H32N2O2/c1-19(2)27-18-23(29-22-11-7-4-8-12-22)25(27)21-13-15-26(16-14-21)24(28)17-20-9-5-3-6-10-20/h3-12,19,21,23,25H,13-18H2,1-2H3/t23-,25-/m0/s1. The van der Waals surface area contributed by atoms with Crippen LogP contribution in [0.3, 0.4) is 0 Å². The van der Waals surface area contributed by atoms with Gasteiger partial charge in [-0.05, 0) is 50.3 Å². The molecule has 4 heteroatoms. The fourth-order valence-electron chi connectivity index (χ4n) is 4.80. The Labute approximate surface area is 174 Å². The van der Waals surface area contributed by atoms with E-state index in [0.29, 0.717) is 24.4 Å². The second-order valence-corrected chi connectivity index (χ2v) is 8.63. The highest BCUT2D eigenvalue weighted by Gasteiger charge is 2.47. The first kappa shape index (κ1) is 20.0. The lowest BCUT2D eigenvalue weighted by atomic mass is 9.79. The number of hydrogen-bond acceptors (Lipinski definition) is 3. The SMILES string of the molecule is CC(C)N1C[C@H](Oc2ccccc2)[C@@H]1C1CCN(C(=O)Cc2ccccc2)CC1. The number of amides is 1. The summed E-state index contributed by atoms with van der Waals surface area (Å²) in [4.78, 5) is 17.3. The lowest BCUT2D eigenvalue weighted by Gasteiger charge is -2.54. The Morgan fingerprint density at radius 1 is 1.00 bits per heavy atom. The smallest absolute Gasteiger partial charge is 0.226 e. The van der Waals surface area contributed by atoms with E-state index < -0.39 is 0 Å². The van der Waals surface area contributed by atoms with E-state index in [1.165, 1.54) is 0 Å². The summed E-state index contributed by atoms with van der Waals surface area (Å²) in [7, 11) is 0. The molecule has 154 valence electrons. The Morgan fingerprint density at radius 2 is 1.62 bits per heavy atom. The van der Waals surface area contributed by atoms with Crippen LogP contribution in [0.5, 0.6) is 5.75 Å². The predicted molar refractivity (Wildman–Crippen MR) is 116 cm³/mol. The van der Waals surface area contributed by atoms with Crippen molar-refractivity contribution in [2.75, 3.05) is 19.6 Å². The number of para-hydroxylation sites is 1. The van der Waals surface area contributed by atoms with Gasteiger partial charge in [-0.2, -0.15) is 0 Å². The molecule has 0 N–H and O–H groups in total. The molecular formula is C25H32N2O2. The maximum absolute atomic E-state index is 12.7. The summed E-state index contributed by atoms with van der Waals surface area (Å²) in [5.74, 6) is 1.79. The predicted octanol–water partition coefficient (Wildman–Crippen LogP) is 4.01. The highest BCUT2D eigenvalue weighted by Crippen LogP contribution is 2.36. The van der Waals surface area contributed by atoms with E-state index in [9.17, 15) is 4.79 Å². The molecule has 1 amide bonds. The fraction of sp³-hybridized carbons (Fsp3) is 0.480. The van der Waals surface area contributed by atoms with Gasteiger partial charge in [0, 0.05) is 25.7 Å². The van der Waals surface area contributed by atoms with Crippen LogP contribution >= 0.6 is 0 Å². The van der Waals surface area contributed by atoms with Crippen molar-refractivity contribution in [2.24, 2.45) is 5.92 Å².